The fraction of sp³-hybridized carbons (Fsp3) is 0.722. The number of carboxylic acids is 1. The third-order valence-electron chi connectivity index (χ3n) is 5.18. The van der Waals surface area contributed by atoms with Crippen LogP contribution in [0.3, 0.4) is 0 Å². The molecule has 6 nitrogen and oxygen atoms in total. The van der Waals surface area contributed by atoms with E-state index in [1.54, 1.807) is 6.08 Å². The molecule has 0 spiro atoms. The number of allylic oxidation sites excluding steroid dienone is 2. The van der Waals surface area contributed by atoms with Crippen LogP contribution in [0.15, 0.2) is 23.8 Å². The standard InChI is InChI=1S/C18H28O6.Na/c1-10-2-3-11-6-13(20)8-16(22)18(11)15(10)5-4-12(19)7-14(21)9-17(23)24;/h2-3,6,10,12-16,18-22H,4-5,7-9H2,1H3,(H,23,24);/q;+1/p-1/t10-,12+,13-,14+,15-,16-,18-;/m0./s1. The van der Waals surface area contributed by atoms with Crippen LogP contribution >= 0.6 is 0 Å². The van der Waals surface area contributed by atoms with Gasteiger partial charge in [-0.1, -0.05) is 25.2 Å². The van der Waals surface area contributed by atoms with Crippen LogP contribution in [0.1, 0.15) is 39.0 Å². The fourth-order valence-electron chi connectivity index (χ4n) is 3.98. The Balaban J connectivity index is 0.00000312. The molecule has 0 bridgehead atoms. The molecule has 0 saturated carbocycles. The molecule has 2 aliphatic rings. The van der Waals surface area contributed by atoms with Crippen molar-refractivity contribution in [1.82, 2.24) is 0 Å². The van der Waals surface area contributed by atoms with Crippen molar-refractivity contribution in [1.29, 1.82) is 0 Å². The Labute approximate surface area is 170 Å². The summed E-state index contributed by atoms with van der Waals surface area (Å²) in [5.74, 6) is -1.03. The van der Waals surface area contributed by atoms with Gasteiger partial charge in [0.25, 0.3) is 0 Å². The second-order valence-corrected chi connectivity index (χ2v) is 7.14. The maximum absolute atomic E-state index is 10.4. The van der Waals surface area contributed by atoms with Crippen molar-refractivity contribution >= 4 is 5.97 Å². The molecule has 0 amide bonds. The second kappa shape index (κ2) is 10.2. The molecule has 4 N–H and O–H groups in total. The number of carbonyl (C=O) groups excluding carboxylic acids is 1. The molecule has 7 atom stereocenters. The van der Waals surface area contributed by atoms with Crippen LogP contribution < -0.4 is 34.7 Å². The van der Waals surface area contributed by atoms with E-state index in [0.717, 1.165) is 5.57 Å². The van der Waals surface area contributed by atoms with E-state index in [-0.39, 0.29) is 53.7 Å². The zero-order valence-electron chi connectivity index (χ0n) is 14.9. The Morgan fingerprint density at radius 3 is 2.64 bits per heavy atom. The predicted molar refractivity (Wildman–Crippen MR) is 85.5 cm³/mol. The number of fused-ring (bicyclic) bond motifs is 1. The Bertz CT molecular complexity index is 506. The van der Waals surface area contributed by atoms with E-state index in [2.05, 4.69) is 13.0 Å². The normalized spacial score (nSPS) is 33.6. The first-order chi connectivity index (χ1) is 11.3. The predicted octanol–water partition coefficient (Wildman–Crippen LogP) is -3.49. The smallest absolute Gasteiger partial charge is 0.550 e. The molecule has 2 rings (SSSR count). The van der Waals surface area contributed by atoms with Crippen molar-refractivity contribution in [2.75, 3.05) is 0 Å². The molecule has 0 aromatic heterocycles. The molecule has 0 aliphatic heterocycles. The third kappa shape index (κ3) is 6.47. The Hall–Kier alpha value is -0.210. The molecule has 0 fully saturated rings. The summed E-state index contributed by atoms with van der Waals surface area (Å²) in [4.78, 5) is 10.4. The van der Waals surface area contributed by atoms with Gasteiger partial charge in [-0.25, -0.2) is 0 Å². The van der Waals surface area contributed by atoms with Crippen molar-refractivity contribution in [2.24, 2.45) is 17.8 Å². The van der Waals surface area contributed by atoms with Gasteiger partial charge in [-0.15, -0.1) is 0 Å². The molecule has 7 heteroatoms. The summed E-state index contributed by atoms with van der Waals surface area (Å²) in [7, 11) is 0. The van der Waals surface area contributed by atoms with Crippen LogP contribution in [0.25, 0.3) is 0 Å². The minimum absolute atomic E-state index is 0. The van der Waals surface area contributed by atoms with Gasteiger partial charge in [0.2, 0.25) is 0 Å². The zero-order valence-corrected chi connectivity index (χ0v) is 16.9. The van der Waals surface area contributed by atoms with E-state index in [1.807, 2.05) is 6.08 Å². The summed E-state index contributed by atoms with van der Waals surface area (Å²) in [6.45, 7) is 2.06. The molecule has 0 saturated heterocycles. The van der Waals surface area contributed by atoms with Gasteiger partial charge in [-0.05, 0) is 36.7 Å². The molecule has 136 valence electrons. The maximum Gasteiger partial charge on any atom is 1.00 e. The number of aliphatic carboxylic acids is 1. The van der Waals surface area contributed by atoms with E-state index in [9.17, 15) is 30.3 Å². The van der Waals surface area contributed by atoms with E-state index in [1.165, 1.54) is 0 Å². The van der Waals surface area contributed by atoms with Crippen LogP contribution in [0.4, 0.5) is 0 Å². The van der Waals surface area contributed by atoms with Gasteiger partial charge in [-0.3, -0.25) is 0 Å². The molecule has 0 heterocycles. The molecular formula is C18H27NaO6. The van der Waals surface area contributed by atoms with Gasteiger partial charge >= 0.3 is 29.6 Å². The Morgan fingerprint density at radius 1 is 1.32 bits per heavy atom. The number of aliphatic hydroxyl groups excluding tert-OH is 4. The number of aliphatic hydroxyl groups is 4. The van der Waals surface area contributed by atoms with Crippen LogP contribution in [0.2, 0.25) is 0 Å². The summed E-state index contributed by atoms with van der Waals surface area (Å²) < 4.78 is 0. The summed E-state index contributed by atoms with van der Waals surface area (Å²) in [5, 5.41) is 50.2. The van der Waals surface area contributed by atoms with Crippen molar-refractivity contribution in [3.05, 3.63) is 23.8 Å². The van der Waals surface area contributed by atoms with Gasteiger partial charge in [0.05, 0.1) is 24.4 Å². The van der Waals surface area contributed by atoms with E-state index < -0.39 is 36.8 Å². The van der Waals surface area contributed by atoms with Crippen LogP contribution in [0.5, 0.6) is 0 Å². The molecule has 0 unspecified atom stereocenters. The summed E-state index contributed by atoms with van der Waals surface area (Å²) >= 11 is 0. The molecule has 0 aromatic rings. The third-order valence-corrected chi connectivity index (χ3v) is 5.18. The van der Waals surface area contributed by atoms with E-state index >= 15 is 0 Å². The molecule has 25 heavy (non-hydrogen) atoms. The monoisotopic (exact) mass is 362 g/mol. The molecule has 0 aromatic carbocycles. The minimum Gasteiger partial charge on any atom is -0.550 e. The van der Waals surface area contributed by atoms with Crippen molar-refractivity contribution in [3.8, 4) is 0 Å². The van der Waals surface area contributed by atoms with E-state index in [0.29, 0.717) is 19.3 Å². The van der Waals surface area contributed by atoms with Gasteiger partial charge in [0.15, 0.2) is 0 Å². The van der Waals surface area contributed by atoms with Crippen LogP contribution in [-0.2, 0) is 4.79 Å². The summed E-state index contributed by atoms with van der Waals surface area (Å²) in [6, 6.07) is 0. The van der Waals surface area contributed by atoms with Gasteiger partial charge in [-0.2, -0.15) is 0 Å². The maximum atomic E-state index is 10.4. The largest absolute Gasteiger partial charge is 1.00 e. The quantitative estimate of drug-likeness (QED) is 0.349. The summed E-state index contributed by atoms with van der Waals surface area (Å²) in [5.41, 5.74) is 0.941. The first-order valence-corrected chi connectivity index (χ1v) is 8.60. The van der Waals surface area contributed by atoms with E-state index in [4.69, 9.17) is 0 Å². The Morgan fingerprint density at radius 2 is 2.00 bits per heavy atom. The van der Waals surface area contributed by atoms with Crippen molar-refractivity contribution < 1.29 is 59.9 Å². The average Bonchev–Trinajstić information content (AvgIpc) is 2.45. The zero-order chi connectivity index (χ0) is 17.9. The van der Waals surface area contributed by atoms with Crippen LogP contribution in [-0.4, -0.2) is 50.8 Å². The molecular weight excluding hydrogens is 335 g/mol. The second-order valence-electron chi connectivity index (χ2n) is 7.14. The minimum atomic E-state index is -1.33. The topological polar surface area (TPSA) is 121 Å². The fourth-order valence-corrected chi connectivity index (χ4v) is 3.98. The number of hydrogen-bond acceptors (Lipinski definition) is 6. The van der Waals surface area contributed by atoms with Crippen LogP contribution in [0, 0.1) is 17.8 Å². The average molecular weight is 362 g/mol. The summed E-state index contributed by atoms with van der Waals surface area (Å²) in [6.07, 6.45) is 3.55. The Kier molecular flexibility index (Phi) is 9.32. The number of hydrogen-bond donors (Lipinski definition) is 4. The number of carbonyl (C=O) groups is 1. The van der Waals surface area contributed by atoms with Gasteiger partial charge in [0, 0.05) is 24.7 Å². The first kappa shape index (κ1) is 22.8. The molecule has 0 radical (unpaired) electrons. The van der Waals surface area contributed by atoms with Crippen molar-refractivity contribution in [2.45, 2.75) is 63.4 Å². The number of carboxylic acid groups (broad SMARTS) is 1. The SMILES string of the molecule is C[C@H]1C=CC2=C[C@H](O)C[C@H](O)[C@@H]2[C@H]1CC[C@@H](O)C[C@@H](O)CC(=O)[O-].[Na+]. The molecule has 2 aliphatic carbocycles. The van der Waals surface area contributed by atoms with Gasteiger partial charge < -0.3 is 30.3 Å². The van der Waals surface area contributed by atoms with Crippen molar-refractivity contribution in [3.63, 3.8) is 0 Å². The number of rotatable bonds is 7. The first-order valence-electron chi connectivity index (χ1n) is 8.60. The van der Waals surface area contributed by atoms with Gasteiger partial charge in [0.1, 0.15) is 0 Å².